The number of amides is 1. The molecule has 1 aromatic carbocycles. The molecule has 0 aliphatic heterocycles. The monoisotopic (exact) mass is 291 g/mol. The van der Waals surface area contributed by atoms with Crippen LogP contribution in [0.2, 0.25) is 5.02 Å². The van der Waals surface area contributed by atoms with E-state index in [0.29, 0.717) is 23.3 Å². The Bertz CT molecular complexity index is 637. The van der Waals surface area contributed by atoms with E-state index in [1.165, 1.54) is 0 Å². The molecule has 1 aliphatic carbocycles. The number of aromatic nitrogens is 2. The Labute approximate surface area is 121 Å². The fraction of sp³-hybridized carbons (Fsp3) is 0.357. The number of hydrogen-bond acceptors (Lipinski definition) is 4. The van der Waals surface area contributed by atoms with Crippen LogP contribution in [0.5, 0.6) is 0 Å². The van der Waals surface area contributed by atoms with Crippen LogP contribution >= 0.6 is 11.6 Å². The van der Waals surface area contributed by atoms with Crippen molar-refractivity contribution in [2.75, 3.05) is 7.05 Å². The average molecular weight is 292 g/mol. The van der Waals surface area contributed by atoms with E-state index in [4.69, 9.17) is 16.1 Å². The van der Waals surface area contributed by atoms with E-state index in [9.17, 15) is 4.79 Å². The highest BCUT2D eigenvalue weighted by molar-refractivity contribution is 6.33. The van der Waals surface area contributed by atoms with Crippen LogP contribution in [0.15, 0.2) is 28.8 Å². The highest BCUT2D eigenvalue weighted by Crippen LogP contribution is 2.31. The summed E-state index contributed by atoms with van der Waals surface area (Å²) in [6.45, 7) is 0.326. The van der Waals surface area contributed by atoms with Gasteiger partial charge in [-0.05, 0) is 25.0 Å². The first-order valence-corrected chi connectivity index (χ1v) is 6.85. The third kappa shape index (κ3) is 2.67. The number of hydrogen-bond donors (Lipinski definition) is 0. The minimum Gasteiger partial charge on any atom is -0.337 e. The van der Waals surface area contributed by atoms with Gasteiger partial charge in [0.25, 0.3) is 0 Å². The largest absolute Gasteiger partial charge is 0.337 e. The summed E-state index contributed by atoms with van der Waals surface area (Å²) < 4.78 is 5.18. The van der Waals surface area contributed by atoms with Gasteiger partial charge >= 0.3 is 0 Å². The number of rotatable bonds is 4. The van der Waals surface area contributed by atoms with E-state index in [1.54, 1.807) is 18.0 Å². The summed E-state index contributed by atoms with van der Waals surface area (Å²) in [6.07, 6.45) is 1.97. The first-order chi connectivity index (χ1) is 9.65. The zero-order valence-electron chi connectivity index (χ0n) is 11.0. The zero-order chi connectivity index (χ0) is 14.1. The molecule has 0 N–H and O–H groups in total. The van der Waals surface area contributed by atoms with Crippen molar-refractivity contribution in [2.24, 2.45) is 5.92 Å². The molecule has 1 aliphatic rings. The van der Waals surface area contributed by atoms with Gasteiger partial charge in [0.05, 0.1) is 11.6 Å². The lowest BCUT2D eigenvalue weighted by atomic mass is 10.2. The fourth-order valence-corrected chi connectivity index (χ4v) is 2.21. The van der Waals surface area contributed by atoms with Crippen LogP contribution in [0.1, 0.15) is 18.7 Å². The molecule has 6 heteroatoms. The Morgan fingerprint density at radius 3 is 2.90 bits per heavy atom. The predicted molar refractivity (Wildman–Crippen MR) is 73.9 cm³/mol. The van der Waals surface area contributed by atoms with E-state index in [0.717, 1.165) is 18.4 Å². The number of nitrogens with zero attached hydrogens (tertiary/aromatic N) is 3. The molecule has 1 fully saturated rings. The summed E-state index contributed by atoms with van der Waals surface area (Å²) in [7, 11) is 1.75. The Morgan fingerprint density at radius 2 is 2.20 bits per heavy atom. The summed E-state index contributed by atoms with van der Waals surface area (Å²) >= 11 is 6.09. The van der Waals surface area contributed by atoms with E-state index in [2.05, 4.69) is 10.1 Å². The average Bonchev–Trinajstić information content (AvgIpc) is 3.19. The highest BCUT2D eigenvalue weighted by Gasteiger charge is 2.32. The molecular formula is C14H14ClN3O2. The molecule has 0 bridgehead atoms. The van der Waals surface area contributed by atoms with E-state index < -0.39 is 0 Å². The van der Waals surface area contributed by atoms with Crippen molar-refractivity contribution in [1.82, 2.24) is 15.0 Å². The first kappa shape index (κ1) is 13.1. The molecule has 1 aromatic heterocycles. The van der Waals surface area contributed by atoms with Crippen LogP contribution in [-0.2, 0) is 11.3 Å². The Morgan fingerprint density at radius 1 is 1.45 bits per heavy atom. The van der Waals surface area contributed by atoms with Gasteiger partial charge in [-0.15, -0.1) is 0 Å². The van der Waals surface area contributed by atoms with Crippen LogP contribution < -0.4 is 0 Å². The second-order valence-electron chi connectivity index (χ2n) is 4.96. The third-order valence-corrected chi connectivity index (χ3v) is 3.59. The lowest BCUT2D eigenvalue weighted by Crippen LogP contribution is -2.27. The van der Waals surface area contributed by atoms with Crippen LogP contribution in [0.4, 0.5) is 0 Å². The maximum absolute atomic E-state index is 11.9. The summed E-state index contributed by atoms with van der Waals surface area (Å²) in [4.78, 5) is 17.8. The van der Waals surface area contributed by atoms with Gasteiger partial charge in [0, 0.05) is 18.5 Å². The molecule has 1 heterocycles. The molecule has 1 saturated carbocycles. The fourth-order valence-electron chi connectivity index (χ4n) is 1.99. The standard InChI is InChI=1S/C14H14ClN3O2/c1-18(14(19)9-6-7-9)8-12-16-13(17-20-12)10-4-2-3-5-11(10)15/h2-5,9H,6-8H2,1H3. The predicted octanol–water partition coefficient (Wildman–Crippen LogP) is 2.76. The topological polar surface area (TPSA) is 59.2 Å². The normalized spacial score (nSPS) is 14.3. The summed E-state index contributed by atoms with van der Waals surface area (Å²) in [5.41, 5.74) is 0.723. The van der Waals surface area contributed by atoms with Crippen molar-refractivity contribution >= 4 is 17.5 Å². The van der Waals surface area contributed by atoms with Crippen molar-refractivity contribution in [1.29, 1.82) is 0 Å². The second-order valence-corrected chi connectivity index (χ2v) is 5.37. The van der Waals surface area contributed by atoms with Gasteiger partial charge in [-0.25, -0.2) is 0 Å². The molecule has 0 atom stereocenters. The molecule has 0 unspecified atom stereocenters. The zero-order valence-corrected chi connectivity index (χ0v) is 11.8. The van der Waals surface area contributed by atoms with Crippen molar-refractivity contribution in [3.63, 3.8) is 0 Å². The van der Waals surface area contributed by atoms with E-state index in [-0.39, 0.29) is 11.8 Å². The maximum Gasteiger partial charge on any atom is 0.246 e. The molecule has 5 nitrogen and oxygen atoms in total. The third-order valence-electron chi connectivity index (χ3n) is 3.26. The van der Waals surface area contributed by atoms with Gasteiger partial charge in [0.1, 0.15) is 0 Å². The van der Waals surface area contributed by atoms with Gasteiger partial charge < -0.3 is 9.42 Å². The molecule has 0 saturated heterocycles. The van der Waals surface area contributed by atoms with Crippen molar-refractivity contribution in [2.45, 2.75) is 19.4 Å². The number of benzene rings is 1. The van der Waals surface area contributed by atoms with E-state index >= 15 is 0 Å². The molecule has 0 spiro atoms. The summed E-state index contributed by atoms with van der Waals surface area (Å²) in [5.74, 6) is 1.18. The number of halogens is 1. The van der Waals surface area contributed by atoms with Gasteiger partial charge in [0.15, 0.2) is 0 Å². The van der Waals surface area contributed by atoms with Crippen LogP contribution in [0.25, 0.3) is 11.4 Å². The molecule has 104 valence electrons. The van der Waals surface area contributed by atoms with Crippen LogP contribution in [0.3, 0.4) is 0 Å². The van der Waals surface area contributed by atoms with Gasteiger partial charge in [-0.2, -0.15) is 4.98 Å². The highest BCUT2D eigenvalue weighted by atomic mass is 35.5. The number of carbonyl (C=O) groups excluding carboxylic acids is 1. The molecule has 2 aromatic rings. The first-order valence-electron chi connectivity index (χ1n) is 6.47. The molecule has 1 amide bonds. The van der Waals surface area contributed by atoms with Gasteiger partial charge in [0.2, 0.25) is 17.6 Å². The minimum absolute atomic E-state index is 0.141. The lowest BCUT2D eigenvalue weighted by molar-refractivity contribution is -0.132. The number of carbonyl (C=O) groups is 1. The quantitative estimate of drug-likeness (QED) is 0.869. The SMILES string of the molecule is CN(Cc1nc(-c2ccccc2Cl)no1)C(=O)C1CC1. The smallest absolute Gasteiger partial charge is 0.246 e. The van der Waals surface area contributed by atoms with Crippen molar-refractivity contribution in [3.05, 3.63) is 35.2 Å². The van der Waals surface area contributed by atoms with Crippen LogP contribution in [-0.4, -0.2) is 28.0 Å². The Kier molecular flexibility index (Phi) is 3.44. The summed E-state index contributed by atoms with van der Waals surface area (Å²) in [6, 6.07) is 7.31. The lowest BCUT2D eigenvalue weighted by Gasteiger charge is -2.13. The molecular weight excluding hydrogens is 278 g/mol. The van der Waals surface area contributed by atoms with Crippen molar-refractivity contribution < 1.29 is 9.32 Å². The van der Waals surface area contributed by atoms with E-state index in [1.807, 2.05) is 18.2 Å². The van der Waals surface area contributed by atoms with Gasteiger partial charge in [-0.1, -0.05) is 28.9 Å². The Hall–Kier alpha value is -1.88. The Balaban J connectivity index is 1.73. The van der Waals surface area contributed by atoms with Crippen LogP contribution in [0, 0.1) is 5.92 Å². The summed E-state index contributed by atoms with van der Waals surface area (Å²) in [5, 5.41) is 4.48. The maximum atomic E-state index is 11.9. The molecule has 3 rings (SSSR count). The van der Waals surface area contributed by atoms with Gasteiger partial charge in [-0.3, -0.25) is 4.79 Å². The second kappa shape index (κ2) is 5.25. The van der Waals surface area contributed by atoms with Crippen molar-refractivity contribution in [3.8, 4) is 11.4 Å². The molecule has 20 heavy (non-hydrogen) atoms. The molecule has 0 radical (unpaired) electrons. The minimum atomic E-state index is 0.141.